The number of carbonyl (C=O) groups is 2. The zero-order valence-corrected chi connectivity index (χ0v) is 13.6. The van der Waals surface area contributed by atoms with Gasteiger partial charge in [0.1, 0.15) is 6.04 Å². The number of hydrogen-bond acceptors (Lipinski definition) is 2. The molecule has 2 aromatic rings. The number of nitrogens with two attached hydrogens (primary N) is 1. The lowest BCUT2D eigenvalue weighted by Crippen LogP contribution is -2.45. The Bertz CT molecular complexity index is 776. The Balaban J connectivity index is 2.11. The molecule has 2 amide bonds. The summed E-state index contributed by atoms with van der Waals surface area (Å²) in [4.78, 5) is 23.7. The third-order valence-corrected chi connectivity index (χ3v) is 3.69. The molecule has 3 N–H and O–H groups in total. The van der Waals surface area contributed by atoms with Crippen LogP contribution in [0, 0.1) is 0 Å². The Morgan fingerprint density at radius 1 is 1.12 bits per heavy atom. The largest absolute Gasteiger partial charge is 0.416 e. The third-order valence-electron chi connectivity index (χ3n) is 3.45. The standard InChI is InChI=1S/C17H14ClF3N2O2/c18-13-3-1-2-10(8-13)9-14(15(22)24)23-16(25)11-4-6-12(7-5-11)17(19,20)21/h1-8,14H,9H2,(H2,22,24)(H,23,25)/t14-/m1/s1. The van der Waals surface area contributed by atoms with Crippen LogP contribution in [0.1, 0.15) is 21.5 Å². The second kappa shape index (κ2) is 7.57. The van der Waals surface area contributed by atoms with Gasteiger partial charge >= 0.3 is 6.18 Å². The minimum Gasteiger partial charge on any atom is -0.368 e. The summed E-state index contributed by atoms with van der Waals surface area (Å²) in [7, 11) is 0. The van der Waals surface area contributed by atoms with Gasteiger partial charge in [0, 0.05) is 17.0 Å². The van der Waals surface area contributed by atoms with E-state index in [4.69, 9.17) is 17.3 Å². The van der Waals surface area contributed by atoms with Gasteiger partial charge in [0.05, 0.1) is 5.56 Å². The summed E-state index contributed by atoms with van der Waals surface area (Å²) >= 11 is 5.87. The van der Waals surface area contributed by atoms with Crippen LogP contribution in [0.15, 0.2) is 48.5 Å². The zero-order chi connectivity index (χ0) is 18.6. The number of alkyl halides is 3. The van der Waals surface area contributed by atoms with Gasteiger partial charge in [0.25, 0.3) is 5.91 Å². The van der Waals surface area contributed by atoms with Gasteiger partial charge in [0.2, 0.25) is 5.91 Å². The van der Waals surface area contributed by atoms with Gasteiger partial charge in [-0.05, 0) is 42.0 Å². The summed E-state index contributed by atoms with van der Waals surface area (Å²) in [5, 5.41) is 2.89. The highest BCUT2D eigenvalue weighted by Gasteiger charge is 2.30. The fourth-order valence-corrected chi connectivity index (χ4v) is 2.39. The van der Waals surface area contributed by atoms with E-state index in [0.29, 0.717) is 10.6 Å². The van der Waals surface area contributed by atoms with E-state index in [-0.39, 0.29) is 12.0 Å². The molecule has 0 heterocycles. The van der Waals surface area contributed by atoms with Crippen molar-refractivity contribution in [3.05, 3.63) is 70.2 Å². The molecule has 0 bridgehead atoms. The normalized spacial score (nSPS) is 12.5. The number of carbonyl (C=O) groups excluding carboxylic acids is 2. The molecule has 4 nitrogen and oxygen atoms in total. The van der Waals surface area contributed by atoms with Gasteiger partial charge < -0.3 is 11.1 Å². The monoisotopic (exact) mass is 370 g/mol. The number of nitrogens with one attached hydrogen (secondary N) is 1. The Morgan fingerprint density at radius 2 is 1.76 bits per heavy atom. The fourth-order valence-electron chi connectivity index (χ4n) is 2.17. The molecule has 8 heteroatoms. The number of benzene rings is 2. The molecule has 0 fully saturated rings. The first-order chi connectivity index (χ1) is 11.7. The van der Waals surface area contributed by atoms with Crippen molar-refractivity contribution in [1.82, 2.24) is 5.32 Å². The van der Waals surface area contributed by atoms with Crippen molar-refractivity contribution >= 4 is 23.4 Å². The molecule has 0 aliphatic rings. The van der Waals surface area contributed by atoms with Gasteiger partial charge in [-0.2, -0.15) is 13.2 Å². The van der Waals surface area contributed by atoms with Gasteiger partial charge in [0.15, 0.2) is 0 Å². The minimum atomic E-state index is -4.49. The van der Waals surface area contributed by atoms with Crippen LogP contribution in [0.5, 0.6) is 0 Å². The summed E-state index contributed by atoms with van der Waals surface area (Å²) in [6, 6.07) is 9.33. The lowest BCUT2D eigenvalue weighted by atomic mass is 10.0. The molecule has 0 unspecified atom stereocenters. The van der Waals surface area contributed by atoms with Crippen LogP contribution >= 0.6 is 11.6 Å². The summed E-state index contributed by atoms with van der Waals surface area (Å²) in [6.45, 7) is 0. The number of amides is 2. The Kier molecular flexibility index (Phi) is 5.69. The quantitative estimate of drug-likeness (QED) is 0.848. The van der Waals surface area contributed by atoms with Crippen molar-refractivity contribution in [3.63, 3.8) is 0 Å². The molecule has 0 saturated carbocycles. The van der Waals surface area contributed by atoms with E-state index in [0.717, 1.165) is 24.3 Å². The Labute approximate surface area is 146 Å². The minimum absolute atomic E-state index is 0.00894. The first-order valence-corrected chi connectivity index (χ1v) is 7.56. The molecule has 132 valence electrons. The summed E-state index contributed by atoms with van der Waals surface area (Å²) in [5.74, 6) is -1.46. The van der Waals surface area contributed by atoms with Crippen molar-refractivity contribution in [2.24, 2.45) is 5.73 Å². The molecule has 0 aliphatic heterocycles. The molecule has 0 aliphatic carbocycles. The SMILES string of the molecule is NC(=O)[C@@H](Cc1cccc(Cl)c1)NC(=O)c1ccc(C(F)(F)F)cc1. The molecular weight excluding hydrogens is 357 g/mol. The third kappa shape index (κ3) is 5.22. The lowest BCUT2D eigenvalue weighted by molar-refractivity contribution is -0.137. The highest BCUT2D eigenvalue weighted by Crippen LogP contribution is 2.29. The molecule has 2 rings (SSSR count). The first-order valence-electron chi connectivity index (χ1n) is 7.18. The highest BCUT2D eigenvalue weighted by atomic mass is 35.5. The van der Waals surface area contributed by atoms with Crippen molar-refractivity contribution in [3.8, 4) is 0 Å². The van der Waals surface area contributed by atoms with Gasteiger partial charge in [-0.25, -0.2) is 0 Å². The molecule has 2 aromatic carbocycles. The van der Waals surface area contributed by atoms with Crippen molar-refractivity contribution in [1.29, 1.82) is 0 Å². The maximum atomic E-state index is 12.5. The molecule has 0 spiro atoms. The van der Waals surface area contributed by atoms with Crippen LogP contribution in [0.3, 0.4) is 0 Å². The zero-order valence-electron chi connectivity index (χ0n) is 12.8. The summed E-state index contributed by atoms with van der Waals surface area (Å²) in [6.07, 6.45) is -4.38. The van der Waals surface area contributed by atoms with Crippen molar-refractivity contribution in [2.45, 2.75) is 18.6 Å². The second-order valence-corrected chi connectivity index (χ2v) is 5.77. The van der Waals surface area contributed by atoms with E-state index >= 15 is 0 Å². The number of halogens is 4. The first kappa shape index (κ1) is 18.8. The molecule has 1 atom stereocenters. The Morgan fingerprint density at radius 3 is 2.28 bits per heavy atom. The van der Waals surface area contributed by atoms with Crippen LogP contribution in [0.25, 0.3) is 0 Å². The average molecular weight is 371 g/mol. The van der Waals surface area contributed by atoms with E-state index in [9.17, 15) is 22.8 Å². The molecule has 25 heavy (non-hydrogen) atoms. The molecule has 0 aromatic heterocycles. The van der Waals surface area contributed by atoms with Crippen LogP contribution in [0.2, 0.25) is 5.02 Å². The maximum Gasteiger partial charge on any atom is 0.416 e. The highest BCUT2D eigenvalue weighted by molar-refractivity contribution is 6.30. The second-order valence-electron chi connectivity index (χ2n) is 5.34. The van der Waals surface area contributed by atoms with Crippen molar-refractivity contribution in [2.75, 3.05) is 0 Å². The summed E-state index contributed by atoms with van der Waals surface area (Å²) in [5.41, 5.74) is 5.10. The van der Waals surface area contributed by atoms with Crippen LogP contribution in [-0.2, 0) is 17.4 Å². The van der Waals surface area contributed by atoms with Gasteiger partial charge in [-0.1, -0.05) is 23.7 Å². The lowest BCUT2D eigenvalue weighted by Gasteiger charge is -2.16. The van der Waals surface area contributed by atoms with E-state index in [1.54, 1.807) is 24.3 Å². The van der Waals surface area contributed by atoms with Gasteiger partial charge in [-0.3, -0.25) is 9.59 Å². The molecule has 0 radical (unpaired) electrons. The molecular formula is C17H14ClF3N2O2. The molecule has 0 saturated heterocycles. The fraction of sp³-hybridized carbons (Fsp3) is 0.176. The van der Waals surface area contributed by atoms with Crippen LogP contribution in [0.4, 0.5) is 13.2 Å². The van der Waals surface area contributed by atoms with E-state index in [1.165, 1.54) is 0 Å². The predicted molar refractivity (Wildman–Crippen MR) is 87.0 cm³/mol. The van der Waals surface area contributed by atoms with Gasteiger partial charge in [-0.15, -0.1) is 0 Å². The van der Waals surface area contributed by atoms with Crippen molar-refractivity contribution < 1.29 is 22.8 Å². The summed E-state index contributed by atoms with van der Waals surface area (Å²) < 4.78 is 37.6. The van der Waals surface area contributed by atoms with Crippen LogP contribution < -0.4 is 11.1 Å². The predicted octanol–water partition coefficient (Wildman–Crippen LogP) is 3.19. The Hall–Kier alpha value is -2.54. The number of rotatable bonds is 5. The smallest absolute Gasteiger partial charge is 0.368 e. The maximum absolute atomic E-state index is 12.5. The van der Waals surface area contributed by atoms with E-state index in [1.807, 2.05) is 0 Å². The van der Waals surface area contributed by atoms with Crippen LogP contribution in [-0.4, -0.2) is 17.9 Å². The van der Waals surface area contributed by atoms with E-state index < -0.39 is 29.6 Å². The average Bonchev–Trinajstić information content (AvgIpc) is 2.53. The van der Waals surface area contributed by atoms with E-state index in [2.05, 4.69) is 5.32 Å². The topological polar surface area (TPSA) is 72.2 Å². The number of primary amides is 1. The number of hydrogen-bond donors (Lipinski definition) is 2.